The van der Waals surface area contributed by atoms with Crippen LogP contribution in [0.3, 0.4) is 0 Å². The predicted octanol–water partition coefficient (Wildman–Crippen LogP) is 5.02. The molecule has 0 saturated carbocycles. The van der Waals surface area contributed by atoms with Crippen LogP contribution in [0, 0.1) is 18.2 Å². The lowest BCUT2D eigenvalue weighted by Crippen LogP contribution is -2.30. The number of phenolic OH excluding ortho intramolecular Hbond substituents is 1. The molecule has 2 rings (SSSR count). The van der Waals surface area contributed by atoms with Gasteiger partial charge in [0.15, 0.2) is 11.6 Å². The molecule has 162 valence electrons. The van der Waals surface area contributed by atoms with E-state index in [-0.39, 0.29) is 12.4 Å². The Morgan fingerprint density at radius 2 is 1.87 bits per heavy atom. The number of carbonyl (C=O) groups excluding carboxylic acids is 2. The molecule has 0 saturated heterocycles. The summed E-state index contributed by atoms with van der Waals surface area (Å²) in [6.45, 7) is 5.65. The highest BCUT2D eigenvalue weighted by atomic mass is 32.1. The zero-order valence-corrected chi connectivity index (χ0v) is 18.0. The summed E-state index contributed by atoms with van der Waals surface area (Å²) in [5.41, 5.74) is 1.25. The van der Waals surface area contributed by atoms with E-state index in [1.807, 2.05) is 32.9 Å². The van der Waals surface area contributed by atoms with Gasteiger partial charge >= 0.3 is 12.1 Å². The molecule has 0 fully saturated rings. The molecule has 0 spiro atoms. The van der Waals surface area contributed by atoms with Crippen molar-refractivity contribution in [2.75, 3.05) is 17.7 Å². The van der Waals surface area contributed by atoms with Gasteiger partial charge in [0, 0.05) is 11.1 Å². The van der Waals surface area contributed by atoms with Gasteiger partial charge in [-0.1, -0.05) is 37.6 Å². The fraction of sp³-hybridized carbons (Fsp3) is 0.364. The van der Waals surface area contributed by atoms with Gasteiger partial charge in [-0.05, 0) is 43.2 Å². The number of anilines is 1. The number of amides is 1. The van der Waals surface area contributed by atoms with Crippen molar-refractivity contribution < 1.29 is 28.6 Å². The quantitative estimate of drug-likeness (QED) is 0.401. The molecule has 0 bridgehead atoms. The highest BCUT2D eigenvalue weighted by Crippen LogP contribution is 2.40. The summed E-state index contributed by atoms with van der Waals surface area (Å²) in [4.78, 5) is 23.9. The summed E-state index contributed by atoms with van der Waals surface area (Å²) in [5.74, 6) is -1.82. The number of hydrogen-bond acceptors (Lipinski definition) is 6. The fourth-order valence-corrected chi connectivity index (χ4v) is 2.95. The van der Waals surface area contributed by atoms with E-state index >= 15 is 0 Å². The first-order chi connectivity index (χ1) is 14.1. The van der Waals surface area contributed by atoms with E-state index in [1.165, 1.54) is 12.1 Å². The molecular weight excluding hydrogens is 409 g/mol. The van der Waals surface area contributed by atoms with Crippen molar-refractivity contribution in [2.24, 2.45) is 5.41 Å². The number of rotatable bonds is 8. The third-order valence-corrected chi connectivity index (χ3v) is 4.90. The highest BCUT2D eigenvalue weighted by Gasteiger charge is 2.35. The minimum absolute atomic E-state index is 0.0392. The van der Waals surface area contributed by atoms with Crippen LogP contribution in [0.1, 0.15) is 37.5 Å². The number of aryl methyl sites for hydroxylation is 1. The molecule has 1 amide bonds. The third-order valence-electron chi connectivity index (χ3n) is 4.65. The lowest BCUT2D eigenvalue weighted by Gasteiger charge is -2.34. The van der Waals surface area contributed by atoms with Crippen molar-refractivity contribution in [3.63, 3.8) is 0 Å². The van der Waals surface area contributed by atoms with Crippen molar-refractivity contribution in [1.82, 2.24) is 0 Å². The first-order valence-electron chi connectivity index (χ1n) is 9.41. The Balaban J connectivity index is 2.21. The number of nitrogens with one attached hydrogen (secondary N) is 1. The summed E-state index contributed by atoms with van der Waals surface area (Å²) >= 11 is 3.86. The molecule has 0 heterocycles. The number of halogens is 1. The van der Waals surface area contributed by atoms with Crippen molar-refractivity contribution in [3.8, 4) is 5.75 Å². The van der Waals surface area contributed by atoms with Crippen LogP contribution in [-0.2, 0) is 14.3 Å². The van der Waals surface area contributed by atoms with Crippen LogP contribution >= 0.6 is 12.6 Å². The highest BCUT2D eigenvalue weighted by molar-refractivity contribution is 7.81. The Labute approximate surface area is 180 Å². The van der Waals surface area contributed by atoms with Crippen LogP contribution in [0.25, 0.3) is 0 Å². The number of aromatic hydroxyl groups is 1. The molecule has 30 heavy (non-hydrogen) atoms. The average molecular weight is 436 g/mol. The third kappa shape index (κ3) is 6.66. The van der Waals surface area contributed by atoms with Crippen molar-refractivity contribution in [3.05, 3.63) is 59.4 Å². The van der Waals surface area contributed by atoms with Gasteiger partial charge in [-0.15, -0.1) is 0 Å². The molecule has 6 nitrogen and oxygen atoms in total. The molecule has 0 aromatic heterocycles. The molecule has 0 aliphatic heterocycles. The van der Waals surface area contributed by atoms with Crippen molar-refractivity contribution >= 4 is 30.4 Å². The fourth-order valence-electron chi connectivity index (χ4n) is 2.86. The molecular formula is C22H26FNO5S. The first-order valence-corrected chi connectivity index (χ1v) is 10.0. The molecule has 2 aromatic carbocycles. The molecule has 0 radical (unpaired) electrons. The second kappa shape index (κ2) is 10.3. The van der Waals surface area contributed by atoms with Gasteiger partial charge in [0.1, 0.15) is 6.10 Å². The minimum atomic E-state index is -0.868. The topological polar surface area (TPSA) is 84.9 Å². The first kappa shape index (κ1) is 23.5. The van der Waals surface area contributed by atoms with Gasteiger partial charge in [-0.2, -0.15) is 12.6 Å². The molecule has 2 aromatic rings. The maximum Gasteiger partial charge on any atom is 0.412 e. The largest absolute Gasteiger partial charge is 0.505 e. The second-order valence-electron chi connectivity index (χ2n) is 7.60. The zero-order valence-electron chi connectivity index (χ0n) is 17.1. The van der Waals surface area contributed by atoms with Gasteiger partial charge < -0.3 is 14.6 Å². The summed E-state index contributed by atoms with van der Waals surface area (Å²) in [6, 6.07) is 11.0. The summed E-state index contributed by atoms with van der Waals surface area (Å²) in [6.07, 6.45) is -1.23. The predicted molar refractivity (Wildman–Crippen MR) is 115 cm³/mol. The molecule has 0 unspecified atom stereocenters. The smallest absolute Gasteiger partial charge is 0.412 e. The van der Waals surface area contributed by atoms with Crippen LogP contribution in [-0.4, -0.2) is 29.5 Å². The maximum atomic E-state index is 14.0. The van der Waals surface area contributed by atoms with Crippen LogP contribution in [0.2, 0.25) is 0 Å². The lowest BCUT2D eigenvalue weighted by molar-refractivity contribution is -0.141. The number of hydrogen-bond donors (Lipinski definition) is 3. The Morgan fingerprint density at radius 3 is 2.47 bits per heavy atom. The monoisotopic (exact) mass is 435 g/mol. The molecule has 0 aliphatic rings. The Hall–Kier alpha value is -2.74. The Morgan fingerprint density at radius 1 is 1.20 bits per heavy atom. The summed E-state index contributed by atoms with van der Waals surface area (Å²) in [5, 5.41) is 12.1. The number of thiol groups is 1. The van der Waals surface area contributed by atoms with Crippen molar-refractivity contribution in [2.45, 2.75) is 33.3 Å². The standard InChI is InChI=1S/C22H26FNO5S/c1-14-4-7-16(8-5-14)24-21(27)29-20(15-6-9-18(25)17(23)12-15)22(2,3)10-11-28-19(26)13-30/h4-9,12,20,25,30H,10-11,13H2,1-3H3,(H,24,27)/t20-/m0/s1. The van der Waals surface area contributed by atoms with E-state index in [9.17, 15) is 19.1 Å². The van der Waals surface area contributed by atoms with Crippen LogP contribution in [0.4, 0.5) is 14.9 Å². The van der Waals surface area contributed by atoms with E-state index < -0.39 is 35.1 Å². The van der Waals surface area contributed by atoms with E-state index in [0.29, 0.717) is 17.7 Å². The molecule has 2 N–H and O–H groups in total. The minimum Gasteiger partial charge on any atom is -0.505 e. The summed E-state index contributed by atoms with van der Waals surface area (Å²) < 4.78 is 24.7. The van der Waals surface area contributed by atoms with Crippen LogP contribution < -0.4 is 5.32 Å². The van der Waals surface area contributed by atoms with Gasteiger partial charge in [0.2, 0.25) is 0 Å². The second-order valence-corrected chi connectivity index (χ2v) is 7.92. The molecule has 8 heteroatoms. The average Bonchev–Trinajstić information content (AvgIpc) is 2.69. The lowest BCUT2D eigenvalue weighted by atomic mass is 9.80. The van der Waals surface area contributed by atoms with E-state index in [1.54, 1.807) is 12.1 Å². The number of ether oxygens (including phenoxy) is 2. The number of esters is 1. The van der Waals surface area contributed by atoms with Gasteiger partial charge in [0.05, 0.1) is 12.4 Å². The SMILES string of the molecule is Cc1ccc(NC(=O)O[C@@H](c2ccc(O)c(F)c2)C(C)(C)CCOC(=O)CS)cc1. The van der Waals surface area contributed by atoms with E-state index in [4.69, 9.17) is 9.47 Å². The van der Waals surface area contributed by atoms with E-state index in [2.05, 4.69) is 17.9 Å². The van der Waals surface area contributed by atoms with Crippen molar-refractivity contribution in [1.29, 1.82) is 0 Å². The normalized spacial score (nSPS) is 12.2. The van der Waals surface area contributed by atoms with Crippen LogP contribution in [0.5, 0.6) is 5.75 Å². The molecule has 0 aliphatic carbocycles. The maximum absolute atomic E-state index is 14.0. The Bertz CT molecular complexity index is 886. The number of phenols is 1. The number of benzene rings is 2. The van der Waals surface area contributed by atoms with Gasteiger partial charge in [-0.3, -0.25) is 10.1 Å². The zero-order chi connectivity index (χ0) is 22.3. The number of carbonyl (C=O) groups is 2. The summed E-state index contributed by atoms with van der Waals surface area (Å²) in [7, 11) is 0. The molecule has 1 atom stereocenters. The van der Waals surface area contributed by atoms with Crippen LogP contribution in [0.15, 0.2) is 42.5 Å². The Kier molecular flexibility index (Phi) is 8.11. The van der Waals surface area contributed by atoms with Gasteiger partial charge in [0.25, 0.3) is 0 Å². The van der Waals surface area contributed by atoms with Gasteiger partial charge in [-0.25, -0.2) is 9.18 Å². The van der Waals surface area contributed by atoms with E-state index in [0.717, 1.165) is 11.6 Å².